The number of hydrogen-bond donors (Lipinski definition) is 2. The van der Waals surface area contributed by atoms with Gasteiger partial charge in [0.15, 0.2) is 43.0 Å². The summed E-state index contributed by atoms with van der Waals surface area (Å²) in [5, 5.41) is 16.8. The van der Waals surface area contributed by atoms with Gasteiger partial charge in [-0.3, -0.25) is 4.79 Å². The largest absolute Gasteiger partial charge is 1.00 e. The molecular weight excluding hydrogens is 677 g/mol. The van der Waals surface area contributed by atoms with Crippen LogP contribution in [-0.2, 0) is 34.0 Å². The fourth-order valence-corrected chi connectivity index (χ4v) is 2.48. The summed E-state index contributed by atoms with van der Waals surface area (Å²) in [5.74, 6) is -1.46. The fraction of sp³-hybridized carbons (Fsp3) is 0.308. The predicted molar refractivity (Wildman–Crippen MR) is 127 cm³/mol. The highest BCUT2D eigenvalue weighted by molar-refractivity contribution is 5.73. The smallest absolute Gasteiger partial charge is 0.370 e. The number of halogens is 3. The molecule has 0 fully saturated rings. The Morgan fingerprint density at radius 3 is 1.03 bits per heavy atom. The zero-order chi connectivity index (χ0) is 24.8. The standard InChI is InChI=1S/C9H12NO.2C8H9NO2.CH4.BrH.ClH.HI/c1-8-3-5-10(6-4-8)7-9(2)11;2*1-7-2-4-9(5-3-7)6-8(10)11;;;;/h3-6H,7H2,1-2H3;2*2-5H,6H2,1H3;1H4;3*1H/q+1;;;;;;/p-1. The number of carbonyl (C=O) groups is 3. The van der Waals surface area contributed by atoms with Crippen LogP contribution in [0.3, 0.4) is 0 Å². The molecule has 0 saturated heterocycles. The van der Waals surface area contributed by atoms with E-state index in [0.717, 1.165) is 11.1 Å². The molecule has 0 aliphatic heterocycles. The maximum absolute atomic E-state index is 10.7. The van der Waals surface area contributed by atoms with Gasteiger partial charge in [0.25, 0.3) is 0 Å². The lowest BCUT2D eigenvalue weighted by molar-refractivity contribution is -0.685. The van der Waals surface area contributed by atoms with E-state index in [9.17, 15) is 14.4 Å². The second-order valence-electron chi connectivity index (χ2n) is 7.63. The quantitative estimate of drug-likeness (QED) is 0.196. The van der Waals surface area contributed by atoms with Gasteiger partial charge in [-0.25, -0.2) is 9.59 Å². The third-order valence-corrected chi connectivity index (χ3v) is 4.21. The second kappa shape index (κ2) is 22.7. The van der Waals surface area contributed by atoms with Gasteiger partial charge in [-0.2, -0.15) is 13.7 Å². The minimum absolute atomic E-state index is 0. The summed E-state index contributed by atoms with van der Waals surface area (Å²) in [6.45, 7) is 8.07. The van der Waals surface area contributed by atoms with Crippen LogP contribution in [0.25, 0.3) is 0 Å². The topological polar surface area (TPSA) is 103 Å². The number of aliphatic carboxylic acids is 2. The molecule has 8 nitrogen and oxygen atoms in total. The third-order valence-electron chi connectivity index (χ3n) is 4.21. The molecule has 0 unspecified atom stereocenters. The van der Waals surface area contributed by atoms with E-state index in [0.29, 0.717) is 6.54 Å². The number of ketones is 1. The van der Waals surface area contributed by atoms with Crippen molar-refractivity contribution in [1.29, 1.82) is 0 Å². The number of Topliss-reactive ketones (excluding diaryl/α,β-unsaturated/α-hetero) is 1. The molecule has 0 spiro atoms. The Hall–Kier alpha value is -2.44. The van der Waals surface area contributed by atoms with Crippen LogP contribution in [0.1, 0.15) is 31.0 Å². The number of hydrogen-bond acceptors (Lipinski definition) is 3. The van der Waals surface area contributed by atoms with E-state index in [1.165, 1.54) is 5.56 Å². The minimum Gasteiger partial charge on any atom is -1.00 e. The van der Waals surface area contributed by atoms with E-state index in [-0.39, 0.29) is 79.7 Å². The molecule has 3 heterocycles. The van der Waals surface area contributed by atoms with Gasteiger partial charge in [0, 0.05) is 43.3 Å². The summed E-state index contributed by atoms with van der Waals surface area (Å²) in [4.78, 5) is 31.1. The number of aromatic nitrogens is 3. The van der Waals surface area contributed by atoms with E-state index in [1.54, 1.807) is 40.8 Å². The van der Waals surface area contributed by atoms with Gasteiger partial charge in [0.1, 0.15) is 0 Å². The van der Waals surface area contributed by atoms with Crippen molar-refractivity contribution in [1.82, 2.24) is 0 Å². The lowest BCUT2D eigenvalue weighted by atomic mass is 10.3. The van der Waals surface area contributed by atoms with Gasteiger partial charge in [-0.1, -0.05) is 7.43 Å². The summed E-state index contributed by atoms with van der Waals surface area (Å²) in [5.41, 5.74) is 3.48. The zero-order valence-electron chi connectivity index (χ0n) is 20.6. The molecule has 0 bridgehead atoms. The Kier molecular flexibility index (Phi) is 25.6. The van der Waals surface area contributed by atoms with Crippen LogP contribution < -0.4 is 67.1 Å². The first-order valence-corrected chi connectivity index (χ1v) is 10.4. The van der Waals surface area contributed by atoms with E-state index >= 15 is 0 Å². The normalized spacial score (nSPS) is 8.54. The molecule has 0 radical (unpaired) electrons. The Labute approximate surface area is 253 Å². The van der Waals surface area contributed by atoms with Crippen LogP contribution in [0, 0.1) is 20.8 Å². The van der Waals surface area contributed by atoms with Crippen LogP contribution in [0.15, 0.2) is 73.6 Å². The minimum atomic E-state index is -0.821. The lowest BCUT2D eigenvalue weighted by Crippen LogP contribution is -3.00. The molecule has 3 aromatic rings. The van der Waals surface area contributed by atoms with Crippen molar-refractivity contribution in [3.63, 3.8) is 0 Å². The molecule has 0 saturated carbocycles. The highest BCUT2D eigenvalue weighted by Crippen LogP contribution is 1.90. The third kappa shape index (κ3) is 21.4. The van der Waals surface area contributed by atoms with Gasteiger partial charge in [-0.05, 0) is 37.5 Å². The molecule has 0 aliphatic rings. The van der Waals surface area contributed by atoms with Crippen molar-refractivity contribution in [2.45, 2.75) is 54.8 Å². The van der Waals surface area contributed by atoms with Gasteiger partial charge in [0.05, 0.1) is 0 Å². The molecule has 0 atom stereocenters. The molecule has 3 rings (SSSR count). The number of nitrogens with zero attached hydrogens (tertiary/aromatic N) is 3. The SMILES string of the molecule is C.CC(=O)C[n+]1ccc(C)cc1.Cc1cc[n+](CC(=O)O)cc1.Cc1cc[n+](CC(=O)O)cc1.[Br-].[Cl-].[I-]. The lowest BCUT2D eigenvalue weighted by Gasteiger charge is -1.92. The first-order valence-electron chi connectivity index (χ1n) is 10.4. The van der Waals surface area contributed by atoms with Gasteiger partial charge < -0.3 is 63.6 Å². The van der Waals surface area contributed by atoms with Gasteiger partial charge in [0.2, 0.25) is 19.6 Å². The molecule has 11 heteroatoms. The van der Waals surface area contributed by atoms with E-state index in [1.807, 2.05) is 74.1 Å². The molecular formula is C26H36BrClIN3O5. The van der Waals surface area contributed by atoms with Crippen molar-refractivity contribution in [3.05, 3.63) is 90.3 Å². The number of carboxylic acids is 2. The number of carboxylic acid groups (broad SMARTS) is 2. The zero-order valence-corrected chi connectivity index (χ0v) is 25.1. The average molecular weight is 713 g/mol. The van der Waals surface area contributed by atoms with Crippen molar-refractivity contribution >= 4 is 17.7 Å². The number of rotatable bonds is 6. The highest BCUT2D eigenvalue weighted by atomic mass is 127. The number of pyridine rings is 3. The van der Waals surface area contributed by atoms with Gasteiger partial charge in [-0.15, -0.1) is 0 Å². The summed E-state index contributed by atoms with van der Waals surface area (Å²) >= 11 is 0. The monoisotopic (exact) mass is 711 g/mol. The van der Waals surface area contributed by atoms with Crippen molar-refractivity contribution in [2.24, 2.45) is 0 Å². The van der Waals surface area contributed by atoms with Gasteiger partial charge >= 0.3 is 11.9 Å². The number of aryl methyl sites for hydroxylation is 3. The van der Waals surface area contributed by atoms with Crippen molar-refractivity contribution < 1.29 is 91.7 Å². The molecule has 206 valence electrons. The molecule has 3 aromatic heterocycles. The predicted octanol–water partition coefficient (Wildman–Crippen LogP) is -6.75. The summed E-state index contributed by atoms with van der Waals surface area (Å²) in [6, 6.07) is 11.5. The summed E-state index contributed by atoms with van der Waals surface area (Å²) in [6.07, 6.45) is 10.8. The Balaban J connectivity index is -0.000000209. The van der Waals surface area contributed by atoms with Crippen LogP contribution in [-0.4, -0.2) is 27.9 Å². The number of carbonyl (C=O) groups excluding carboxylic acids is 1. The fourth-order valence-electron chi connectivity index (χ4n) is 2.48. The summed E-state index contributed by atoms with van der Waals surface area (Å²) < 4.78 is 5.11. The molecule has 0 aliphatic carbocycles. The highest BCUT2D eigenvalue weighted by Gasteiger charge is 2.05. The molecule has 37 heavy (non-hydrogen) atoms. The van der Waals surface area contributed by atoms with Crippen molar-refractivity contribution in [2.75, 3.05) is 0 Å². The van der Waals surface area contributed by atoms with Crippen LogP contribution >= 0.6 is 0 Å². The van der Waals surface area contributed by atoms with E-state index in [4.69, 9.17) is 10.2 Å². The van der Waals surface area contributed by atoms with Crippen LogP contribution in [0.2, 0.25) is 0 Å². The summed E-state index contributed by atoms with van der Waals surface area (Å²) in [7, 11) is 0. The second-order valence-corrected chi connectivity index (χ2v) is 7.63. The Bertz CT molecular complexity index is 915. The Morgan fingerprint density at radius 1 is 0.622 bits per heavy atom. The van der Waals surface area contributed by atoms with Crippen molar-refractivity contribution in [3.8, 4) is 0 Å². The first-order chi connectivity index (χ1) is 15.5. The first kappa shape index (κ1) is 41.7. The molecule has 0 aromatic carbocycles. The Morgan fingerprint density at radius 2 is 0.838 bits per heavy atom. The maximum atomic E-state index is 10.7. The molecule has 0 amide bonds. The average Bonchev–Trinajstić information content (AvgIpc) is 2.73. The van der Waals surface area contributed by atoms with E-state index in [2.05, 4.69) is 0 Å². The van der Waals surface area contributed by atoms with E-state index < -0.39 is 11.9 Å². The maximum Gasteiger partial charge on any atom is 0.370 e. The van der Waals surface area contributed by atoms with Crippen LogP contribution in [0.5, 0.6) is 0 Å². The van der Waals surface area contributed by atoms with Crippen LogP contribution in [0.4, 0.5) is 0 Å². The molecule has 2 N–H and O–H groups in total.